The van der Waals surface area contributed by atoms with Crippen LogP contribution in [0.15, 0.2) is 12.5 Å². The lowest BCUT2D eigenvalue weighted by Gasteiger charge is -2.27. The molecular weight excluding hydrogens is 288 g/mol. The van der Waals surface area contributed by atoms with E-state index >= 15 is 0 Å². The topological polar surface area (TPSA) is 145 Å². The van der Waals surface area contributed by atoms with Crippen molar-refractivity contribution in [3.8, 4) is 11.8 Å². The number of ether oxygens (including phenoxy) is 1. The summed E-state index contributed by atoms with van der Waals surface area (Å²) in [5.41, 5.74) is 10.8. The quantitative estimate of drug-likeness (QED) is 0.484. The third-order valence-electron chi connectivity index (χ3n) is 3.52. The molecule has 0 spiro atoms. The van der Waals surface area contributed by atoms with Crippen molar-refractivity contribution in [1.82, 2.24) is 19.5 Å². The number of nitrogens with two attached hydrogens (primary N) is 2. The standard InChI is InChI=1S/C13H16N6O3/c1-2-3-13(15)9(21)8(5-20)22-11(13)19-6-17-7-4-16-12(14)18-10(7)19/h4,6,8-9,11,20-21H,5,15H2,1H3,(H2,14,16,18)/t8-,9+,11-,13?/m1/s1/i5D2. The van der Waals surface area contributed by atoms with Gasteiger partial charge in [0.05, 0.1) is 21.8 Å². The second kappa shape index (κ2) is 5.19. The van der Waals surface area contributed by atoms with Crippen molar-refractivity contribution in [3.05, 3.63) is 12.5 Å². The van der Waals surface area contributed by atoms with E-state index in [0.29, 0.717) is 5.52 Å². The zero-order chi connectivity index (χ0) is 17.7. The molecule has 4 atom stereocenters. The molecule has 1 saturated heterocycles. The van der Waals surface area contributed by atoms with E-state index in [1.165, 1.54) is 24.0 Å². The molecule has 0 radical (unpaired) electrons. The van der Waals surface area contributed by atoms with Gasteiger partial charge in [-0.2, -0.15) is 4.98 Å². The van der Waals surface area contributed by atoms with E-state index in [9.17, 15) is 10.2 Å². The second-order valence-electron chi connectivity index (χ2n) is 4.88. The van der Waals surface area contributed by atoms with E-state index in [1.54, 1.807) is 0 Å². The van der Waals surface area contributed by atoms with E-state index in [-0.39, 0.29) is 11.6 Å². The van der Waals surface area contributed by atoms with Crippen LogP contribution in [-0.2, 0) is 4.74 Å². The highest BCUT2D eigenvalue weighted by Gasteiger charge is 2.54. The van der Waals surface area contributed by atoms with E-state index in [0.717, 1.165) is 0 Å². The molecule has 1 aliphatic heterocycles. The molecule has 9 nitrogen and oxygen atoms in total. The summed E-state index contributed by atoms with van der Waals surface area (Å²) in [6.45, 7) is -1.30. The third-order valence-corrected chi connectivity index (χ3v) is 3.52. The summed E-state index contributed by atoms with van der Waals surface area (Å²) in [4.78, 5) is 12.0. The van der Waals surface area contributed by atoms with E-state index in [4.69, 9.17) is 18.9 Å². The van der Waals surface area contributed by atoms with Gasteiger partial charge in [0.1, 0.15) is 17.7 Å². The first-order valence-corrected chi connectivity index (χ1v) is 6.42. The van der Waals surface area contributed by atoms with Gasteiger partial charge in [0.2, 0.25) is 5.95 Å². The summed E-state index contributed by atoms with van der Waals surface area (Å²) in [5, 5.41) is 20.1. The zero-order valence-corrected chi connectivity index (χ0v) is 11.6. The number of hydrogen-bond donors (Lipinski definition) is 4. The van der Waals surface area contributed by atoms with E-state index in [1.807, 2.05) is 0 Å². The van der Waals surface area contributed by atoms with Crippen LogP contribution in [0, 0.1) is 11.8 Å². The van der Waals surface area contributed by atoms with E-state index < -0.39 is 30.5 Å². The first kappa shape index (κ1) is 12.3. The monoisotopic (exact) mass is 306 g/mol. The van der Waals surface area contributed by atoms with Gasteiger partial charge in [-0.05, 0) is 6.92 Å². The van der Waals surface area contributed by atoms with Gasteiger partial charge in [0, 0.05) is 0 Å². The molecule has 9 heteroatoms. The van der Waals surface area contributed by atoms with Crippen LogP contribution in [0.1, 0.15) is 15.9 Å². The Morgan fingerprint density at radius 3 is 3.05 bits per heavy atom. The Kier molecular flexibility index (Phi) is 2.90. The number of hydrogen-bond acceptors (Lipinski definition) is 8. The molecule has 0 bridgehead atoms. The van der Waals surface area contributed by atoms with Crippen LogP contribution in [0.2, 0.25) is 0 Å². The molecule has 0 saturated carbocycles. The smallest absolute Gasteiger partial charge is 0.222 e. The van der Waals surface area contributed by atoms with Gasteiger partial charge < -0.3 is 26.4 Å². The fraction of sp³-hybridized carbons (Fsp3) is 0.462. The molecule has 2 aromatic heterocycles. The van der Waals surface area contributed by atoms with Crippen molar-refractivity contribution >= 4 is 17.1 Å². The van der Waals surface area contributed by atoms with Gasteiger partial charge >= 0.3 is 0 Å². The molecule has 2 aromatic rings. The maximum atomic E-state index is 10.4. The summed E-state index contributed by atoms with van der Waals surface area (Å²) in [6, 6.07) is 0. The molecule has 0 amide bonds. The van der Waals surface area contributed by atoms with Crippen LogP contribution >= 0.6 is 0 Å². The van der Waals surface area contributed by atoms with Gasteiger partial charge in [-0.15, -0.1) is 5.92 Å². The minimum atomic E-state index is -2.82. The third kappa shape index (κ3) is 2.01. The summed E-state index contributed by atoms with van der Waals surface area (Å²) < 4.78 is 21.8. The number of aromatic nitrogens is 4. The van der Waals surface area contributed by atoms with Crippen molar-refractivity contribution in [2.24, 2.45) is 5.73 Å². The summed E-state index contributed by atoms with van der Waals surface area (Å²) in [6.07, 6.45) is -1.58. The molecule has 116 valence electrons. The SMILES string of the molecule is [2H]C([2H])(O)[C@H]1O[C@@H](n2cnc3cnc(N)nc32)C(N)(C#CC)[C@H]1O. The fourth-order valence-electron chi connectivity index (χ4n) is 2.48. The molecular formula is C13H16N6O3. The molecule has 1 fully saturated rings. The van der Waals surface area contributed by atoms with Gasteiger partial charge in [0.15, 0.2) is 17.4 Å². The summed E-state index contributed by atoms with van der Waals surface area (Å²) >= 11 is 0. The number of fused-ring (bicyclic) bond motifs is 1. The zero-order valence-electron chi connectivity index (χ0n) is 13.6. The average Bonchev–Trinajstić information content (AvgIpc) is 2.99. The maximum absolute atomic E-state index is 10.4. The van der Waals surface area contributed by atoms with Gasteiger partial charge in [-0.25, -0.2) is 9.97 Å². The number of nitrogens with zero attached hydrogens (tertiary/aromatic N) is 4. The van der Waals surface area contributed by atoms with Crippen LogP contribution in [-0.4, -0.2) is 54.0 Å². The molecule has 0 aromatic carbocycles. The highest BCUT2D eigenvalue weighted by Crippen LogP contribution is 2.37. The summed E-state index contributed by atoms with van der Waals surface area (Å²) in [5.74, 6) is 5.24. The van der Waals surface area contributed by atoms with Crippen LogP contribution in [0.4, 0.5) is 5.95 Å². The lowest BCUT2D eigenvalue weighted by atomic mass is 9.91. The van der Waals surface area contributed by atoms with Gasteiger partial charge in [-0.3, -0.25) is 4.57 Å². The first-order valence-electron chi connectivity index (χ1n) is 7.42. The summed E-state index contributed by atoms with van der Waals surface area (Å²) in [7, 11) is 0. The number of rotatable bonds is 2. The Morgan fingerprint density at radius 1 is 1.59 bits per heavy atom. The second-order valence-corrected chi connectivity index (χ2v) is 4.88. The van der Waals surface area contributed by atoms with Crippen LogP contribution in [0.5, 0.6) is 0 Å². The largest absolute Gasteiger partial charge is 0.394 e. The Balaban J connectivity index is 2.16. The predicted molar refractivity (Wildman–Crippen MR) is 77.1 cm³/mol. The van der Waals surface area contributed by atoms with Crippen molar-refractivity contribution in [1.29, 1.82) is 0 Å². The first-order chi connectivity index (χ1) is 11.2. The van der Waals surface area contributed by atoms with Crippen LogP contribution in [0.25, 0.3) is 11.2 Å². The van der Waals surface area contributed by atoms with Crippen LogP contribution in [0.3, 0.4) is 0 Å². The molecule has 3 heterocycles. The Bertz CT molecular complexity index is 842. The Morgan fingerprint density at radius 2 is 2.36 bits per heavy atom. The van der Waals surface area contributed by atoms with Crippen LogP contribution < -0.4 is 11.5 Å². The fourth-order valence-corrected chi connectivity index (χ4v) is 2.48. The molecule has 1 aliphatic rings. The molecule has 0 aliphatic carbocycles. The van der Waals surface area contributed by atoms with Gasteiger partial charge in [0.25, 0.3) is 0 Å². The lowest BCUT2D eigenvalue weighted by Crippen LogP contribution is -2.53. The normalized spacial score (nSPS) is 33.2. The predicted octanol–water partition coefficient (Wildman–Crippen LogP) is -1.62. The minimum absolute atomic E-state index is 0.000954. The molecule has 1 unspecified atom stereocenters. The number of aliphatic hydroxyl groups is 2. The van der Waals surface area contributed by atoms with Crippen molar-refractivity contribution < 1.29 is 17.7 Å². The van der Waals surface area contributed by atoms with Crippen molar-refractivity contribution in [3.63, 3.8) is 0 Å². The van der Waals surface area contributed by atoms with E-state index in [2.05, 4.69) is 26.8 Å². The highest BCUT2D eigenvalue weighted by atomic mass is 16.5. The average molecular weight is 306 g/mol. The molecule has 3 rings (SSSR count). The molecule has 6 N–H and O–H groups in total. The minimum Gasteiger partial charge on any atom is -0.394 e. The number of aliphatic hydroxyl groups excluding tert-OH is 1. The lowest BCUT2D eigenvalue weighted by molar-refractivity contribution is -0.0447. The van der Waals surface area contributed by atoms with Crippen molar-refractivity contribution in [2.75, 3.05) is 12.3 Å². The number of anilines is 1. The Hall–Kier alpha value is -2.25. The molecule has 22 heavy (non-hydrogen) atoms. The highest BCUT2D eigenvalue weighted by molar-refractivity contribution is 5.70. The van der Waals surface area contributed by atoms with Gasteiger partial charge in [-0.1, -0.05) is 5.92 Å². The number of imidazole rings is 1. The van der Waals surface area contributed by atoms with Crippen molar-refractivity contribution in [2.45, 2.75) is 30.9 Å². The maximum Gasteiger partial charge on any atom is 0.222 e. The Labute approximate surface area is 128 Å². The number of nitrogen functional groups attached to an aromatic ring is 1.